The second-order valence-corrected chi connectivity index (χ2v) is 24.6. The molecule has 0 aromatic heterocycles. The normalized spacial score (nSPS) is 12.4. The van der Waals surface area contributed by atoms with Gasteiger partial charge in [-0.05, 0) is 25.7 Å². The molecule has 6 nitrogen and oxygen atoms in total. The summed E-state index contributed by atoms with van der Waals surface area (Å²) in [4.78, 5) is 24.6. The van der Waals surface area contributed by atoms with E-state index in [1.54, 1.807) is 0 Å². The first-order chi connectivity index (χ1) is 37.5. The highest BCUT2D eigenvalue weighted by Crippen LogP contribution is 2.20. The summed E-state index contributed by atoms with van der Waals surface area (Å²) in [5.74, 6) is -0.00334. The number of nitrogens with one attached hydrogen (secondary N) is 1. The fraction of sp³-hybridized carbons (Fsp3) is 0.971. The molecule has 0 aliphatic rings. The zero-order valence-electron chi connectivity index (χ0n) is 52.0. The van der Waals surface area contributed by atoms with Gasteiger partial charge in [0.2, 0.25) is 5.91 Å². The Morgan fingerprint density at radius 1 is 0.316 bits per heavy atom. The molecule has 76 heavy (non-hydrogen) atoms. The molecule has 1 amide bonds. The third-order valence-electron chi connectivity index (χ3n) is 16.9. The summed E-state index contributed by atoms with van der Waals surface area (Å²) >= 11 is 0. The first-order valence-corrected chi connectivity index (χ1v) is 35.3. The van der Waals surface area contributed by atoms with Gasteiger partial charge in [0.25, 0.3) is 0 Å². The Morgan fingerprint density at radius 2 is 0.539 bits per heavy atom. The number of ether oxygens (including phenoxy) is 1. The van der Waals surface area contributed by atoms with Crippen LogP contribution in [-0.4, -0.2) is 47.4 Å². The highest BCUT2D eigenvalue weighted by Gasteiger charge is 2.20. The molecule has 0 fully saturated rings. The van der Waals surface area contributed by atoms with Gasteiger partial charge in [-0.3, -0.25) is 9.59 Å². The maximum atomic E-state index is 12.5. The van der Waals surface area contributed by atoms with Crippen LogP contribution >= 0.6 is 0 Å². The molecule has 0 rings (SSSR count). The van der Waals surface area contributed by atoms with Gasteiger partial charge < -0.3 is 20.3 Å². The highest BCUT2D eigenvalue weighted by molar-refractivity contribution is 5.76. The maximum absolute atomic E-state index is 12.5. The van der Waals surface area contributed by atoms with Crippen molar-refractivity contribution in [3.05, 3.63) is 0 Å². The van der Waals surface area contributed by atoms with Gasteiger partial charge in [0, 0.05) is 12.8 Å². The lowest BCUT2D eigenvalue weighted by Crippen LogP contribution is -2.45. The number of carbonyl (C=O) groups excluding carboxylic acids is 2. The van der Waals surface area contributed by atoms with E-state index in [9.17, 15) is 19.8 Å². The van der Waals surface area contributed by atoms with Crippen LogP contribution in [0.25, 0.3) is 0 Å². The van der Waals surface area contributed by atoms with Gasteiger partial charge >= 0.3 is 5.97 Å². The topological polar surface area (TPSA) is 95.9 Å². The second-order valence-electron chi connectivity index (χ2n) is 24.6. The molecule has 2 atom stereocenters. The first-order valence-electron chi connectivity index (χ1n) is 35.3. The predicted molar refractivity (Wildman–Crippen MR) is 334 cm³/mol. The van der Waals surface area contributed by atoms with Gasteiger partial charge in [-0.15, -0.1) is 0 Å². The molecule has 3 N–H and O–H groups in total. The summed E-state index contributed by atoms with van der Waals surface area (Å²) in [6.07, 6.45) is 80.2. The number of aliphatic hydroxyl groups excluding tert-OH is 2. The van der Waals surface area contributed by atoms with Crippen LogP contribution in [0.3, 0.4) is 0 Å². The summed E-state index contributed by atoms with van der Waals surface area (Å²) in [5, 5.41) is 23.3. The average Bonchev–Trinajstić information content (AvgIpc) is 3.42. The number of esters is 1. The van der Waals surface area contributed by atoms with E-state index in [2.05, 4.69) is 19.2 Å². The number of carbonyl (C=O) groups is 2. The molecule has 0 aliphatic heterocycles. The van der Waals surface area contributed by atoms with Crippen molar-refractivity contribution < 1.29 is 24.5 Å². The standard InChI is InChI=1S/C70H139NO5/c1-3-5-7-9-11-13-15-17-38-42-46-50-54-58-62-68(73)67(66-72)71-69(74)63-59-55-51-47-43-39-36-34-32-30-28-26-24-22-20-19-21-23-25-27-29-31-33-35-37-41-45-49-53-57-61-65-76-70(75)64-60-56-52-48-44-40-18-16-14-12-10-8-6-4-2/h67-68,72-73H,3-66H2,1-2H3,(H,71,74). The van der Waals surface area contributed by atoms with Crippen LogP contribution < -0.4 is 5.32 Å². The van der Waals surface area contributed by atoms with Crippen LogP contribution in [-0.2, 0) is 14.3 Å². The van der Waals surface area contributed by atoms with Gasteiger partial charge in [-0.25, -0.2) is 0 Å². The lowest BCUT2D eigenvalue weighted by molar-refractivity contribution is -0.143. The van der Waals surface area contributed by atoms with Crippen molar-refractivity contribution in [1.82, 2.24) is 5.32 Å². The average molecular weight is 1070 g/mol. The summed E-state index contributed by atoms with van der Waals surface area (Å²) in [6.45, 7) is 5.00. The highest BCUT2D eigenvalue weighted by atomic mass is 16.5. The van der Waals surface area contributed by atoms with Crippen LogP contribution in [0.15, 0.2) is 0 Å². The summed E-state index contributed by atoms with van der Waals surface area (Å²) in [6, 6.07) is -0.536. The third-order valence-corrected chi connectivity index (χ3v) is 16.9. The van der Waals surface area contributed by atoms with Crippen molar-refractivity contribution >= 4 is 11.9 Å². The Bertz CT molecular complexity index is 1100. The summed E-state index contributed by atoms with van der Waals surface area (Å²) in [5.41, 5.74) is 0. The van der Waals surface area contributed by atoms with Crippen LogP contribution in [0.2, 0.25) is 0 Å². The third kappa shape index (κ3) is 62.1. The van der Waals surface area contributed by atoms with E-state index in [1.807, 2.05) is 0 Å². The van der Waals surface area contributed by atoms with E-state index in [0.29, 0.717) is 25.9 Å². The van der Waals surface area contributed by atoms with Crippen molar-refractivity contribution in [1.29, 1.82) is 0 Å². The smallest absolute Gasteiger partial charge is 0.305 e. The molecule has 0 aliphatic carbocycles. The lowest BCUT2D eigenvalue weighted by Gasteiger charge is -2.22. The van der Waals surface area contributed by atoms with Gasteiger partial charge in [-0.2, -0.15) is 0 Å². The molecule has 2 unspecified atom stereocenters. The minimum absolute atomic E-state index is 0.0241. The minimum Gasteiger partial charge on any atom is -0.466 e. The Balaban J connectivity index is 3.30. The molecule has 0 bridgehead atoms. The van der Waals surface area contributed by atoms with E-state index in [4.69, 9.17) is 4.74 Å². The monoisotopic (exact) mass is 1070 g/mol. The van der Waals surface area contributed by atoms with E-state index in [-0.39, 0.29) is 18.5 Å². The number of rotatable bonds is 67. The van der Waals surface area contributed by atoms with Crippen LogP contribution in [0.4, 0.5) is 0 Å². The molecule has 0 aromatic rings. The molecule has 0 radical (unpaired) electrons. The Labute approximate surface area is 476 Å². The number of aliphatic hydroxyl groups is 2. The van der Waals surface area contributed by atoms with Crippen molar-refractivity contribution in [2.24, 2.45) is 0 Å². The van der Waals surface area contributed by atoms with Crippen LogP contribution in [0.5, 0.6) is 0 Å². The number of amides is 1. The Hall–Kier alpha value is -1.14. The molecule has 0 saturated heterocycles. The van der Waals surface area contributed by atoms with Gasteiger partial charge in [-0.1, -0.05) is 373 Å². The van der Waals surface area contributed by atoms with Crippen LogP contribution in [0.1, 0.15) is 412 Å². The van der Waals surface area contributed by atoms with Crippen LogP contribution in [0, 0.1) is 0 Å². The minimum atomic E-state index is -0.659. The first kappa shape index (κ1) is 74.9. The molecule has 0 aromatic carbocycles. The largest absolute Gasteiger partial charge is 0.466 e. The Kier molecular flexibility index (Phi) is 65.4. The molecule has 454 valence electrons. The van der Waals surface area contributed by atoms with Crippen molar-refractivity contribution in [3.63, 3.8) is 0 Å². The van der Waals surface area contributed by atoms with E-state index in [1.165, 1.54) is 340 Å². The molecule has 0 heterocycles. The van der Waals surface area contributed by atoms with E-state index >= 15 is 0 Å². The maximum Gasteiger partial charge on any atom is 0.305 e. The number of unbranched alkanes of at least 4 members (excludes halogenated alkanes) is 56. The number of hydrogen-bond donors (Lipinski definition) is 3. The molecule has 0 saturated carbocycles. The summed E-state index contributed by atoms with van der Waals surface area (Å²) < 4.78 is 5.50. The quantitative estimate of drug-likeness (QED) is 0.0417. The fourth-order valence-electron chi connectivity index (χ4n) is 11.5. The molecule has 0 spiro atoms. The van der Waals surface area contributed by atoms with Gasteiger partial charge in [0.05, 0.1) is 25.4 Å². The number of hydrogen-bond acceptors (Lipinski definition) is 5. The second kappa shape index (κ2) is 66.4. The van der Waals surface area contributed by atoms with Crippen molar-refractivity contribution in [3.8, 4) is 0 Å². The van der Waals surface area contributed by atoms with E-state index < -0.39 is 12.1 Å². The van der Waals surface area contributed by atoms with Crippen molar-refractivity contribution in [2.45, 2.75) is 424 Å². The van der Waals surface area contributed by atoms with E-state index in [0.717, 1.165) is 38.5 Å². The zero-order chi connectivity index (χ0) is 55.0. The van der Waals surface area contributed by atoms with Gasteiger partial charge in [0.15, 0.2) is 0 Å². The Morgan fingerprint density at radius 3 is 0.803 bits per heavy atom. The molecular formula is C70H139NO5. The fourth-order valence-corrected chi connectivity index (χ4v) is 11.5. The summed E-state index contributed by atoms with van der Waals surface area (Å²) in [7, 11) is 0. The molecular weight excluding hydrogens is 935 g/mol. The zero-order valence-corrected chi connectivity index (χ0v) is 52.0. The lowest BCUT2D eigenvalue weighted by atomic mass is 10.0. The predicted octanol–water partition coefficient (Wildman–Crippen LogP) is 22.6. The molecule has 6 heteroatoms. The SMILES string of the molecule is CCCCCCCCCCCCCCCCC(=O)OCCCCCCCCCCCCCCCCCCCCCCCCCCCCCCCCCC(=O)NC(CO)C(O)CCCCCCCCCCCCCCCC. The van der Waals surface area contributed by atoms with Gasteiger partial charge in [0.1, 0.15) is 0 Å². The van der Waals surface area contributed by atoms with Crippen molar-refractivity contribution in [2.75, 3.05) is 13.2 Å².